The van der Waals surface area contributed by atoms with E-state index in [4.69, 9.17) is 0 Å². The van der Waals surface area contributed by atoms with Gasteiger partial charge < -0.3 is 25.5 Å². The number of unbranched alkanes of at least 4 members (excludes halogenated alkanes) is 1. The predicted octanol–water partition coefficient (Wildman–Crippen LogP) is 4.95. The fourth-order valence-corrected chi connectivity index (χ4v) is 5.32. The Kier molecular flexibility index (Phi) is 7.59. The van der Waals surface area contributed by atoms with Crippen LogP contribution in [0.4, 0.5) is 5.69 Å². The number of anilines is 1. The monoisotopic (exact) mass is 505 g/mol. The van der Waals surface area contributed by atoms with Crippen LogP contribution in [0.5, 0.6) is 0 Å². The van der Waals surface area contributed by atoms with Crippen LogP contribution in [-0.4, -0.2) is 52.6 Å². The van der Waals surface area contributed by atoms with Gasteiger partial charge in [-0.2, -0.15) is 0 Å². The molecule has 8 nitrogen and oxygen atoms in total. The van der Waals surface area contributed by atoms with Crippen molar-refractivity contribution in [2.45, 2.75) is 72.4 Å². The van der Waals surface area contributed by atoms with Crippen LogP contribution in [0, 0.1) is 12.3 Å². The van der Waals surface area contributed by atoms with Crippen LogP contribution in [0.2, 0.25) is 0 Å². The molecule has 0 radical (unpaired) electrons. The van der Waals surface area contributed by atoms with E-state index in [2.05, 4.69) is 46.3 Å². The summed E-state index contributed by atoms with van der Waals surface area (Å²) in [6, 6.07) is 5.10. The van der Waals surface area contributed by atoms with Crippen LogP contribution in [0.1, 0.15) is 84.1 Å². The molecule has 0 aliphatic heterocycles. The molecule has 37 heavy (non-hydrogen) atoms. The van der Waals surface area contributed by atoms with Crippen LogP contribution in [0.25, 0.3) is 10.9 Å². The number of aromatic amines is 2. The number of carbonyl (C=O) groups is 3. The molecule has 8 heteroatoms. The average Bonchev–Trinajstić information content (AvgIpc) is 3.35. The lowest BCUT2D eigenvalue weighted by Gasteiger charge is -2.28. The first kappa shape index (κ1) is 26.7. The molecule has 1 atom stereocenters. The number of aromatic nitrogens is 2. The number of amides is 2. The summed E-state index contributed by atoms with van der Waals surface area (Å²) in [6.45, 7) is 8.76. The Hall–Kier alpha value is -3.39. The summed E-state index contributed by atoms with van der Waals surface area (Å²) >= 11 is 0. The van der Waals surface area contributed by atoms with E-state index in [-0.39, 0.29) is 23.0 Å². The van der Waals surface area contributed by atoms with Crippen molar-refractivity contribution in [1.29, 1.82) is 0 Å². The fraction of sp³-hybridized carbons (Fsp3) is 0.483. The highest BCUT2D eigenvalue weighted by Gasteiger charge is 2.35. The van der Waals surface area contributed by atoms with Crippen molar-refractivity contribution < 1.29 is 14.4 Å². The van der Waals surface area contributed by atoms with Crippen LogP contribution in [-0.2, 0) is 17.8 Å². The molecular weight excluding hydrogens is 466 g/mol. The second-order valence-corrected chi connectivity index (χ2v) is 11.4. The van der Waals surface area contributed by atoms with Crippen LogP contribution < -0.4 is 10.6 Å². The molecule has 0 saturated carbocycles. The molecule has 4 rings (SSSR count). The van der Waals surface area contributed by atoms with Crippen LogP contribution in [0.15, 0.2) is 24.4 Å². The molecule has 2 heterocycles. The van der Waals surface area contributed by atoms with Gasteiger partial charge in [-0.1, -0.05) is 33.6 Å². The number of nitrogens with one attached hydrogen (secondary N) is 4. The number of nitrogens with zero attached hydrogens (tertiary/aromatic N) is 1. The highest BCUT2D eigenvalue weighted by atomic mass is 16.2. The van der Waals surface area contributed by atoms with Crippen molar-refractivity contribution in [1.82, 2.24) is 20.2 Å². The third-order valence-corrected chi connectivity index (χ3v) is 7.12. The summed E-state index contributed by atoms with van der Waals surface area (Å²) in [5, 5.41) is 7.00. The number of rotatable bonds is 9. The zero-order valence-corrected chi connectivity index (χ0v) is 22.8. The standard InChI is InChI=1S/C29H39N5O3/c1-7-8-9-22(27(36)31-19-10-11-21-20(12-19)18(15-30-21)16-34(5)6)33-28(37)26-17(2)25-23(32-26)13-29(3,4)14-24(25)35/h10-12,15,22,30,32H,7-9,13-14,16H2,1-6H3,(H,31,36)(H,33,37). The molecule has 0 bridgehead atoms. The molecule has 1 aromatic carbocycles. The Bertz CT molecular complexity index is 1330. The number of ketones is 1. The molecule has 1 aliphatic carbocycles. The minimum Gasteiger partial charge on any atom is -0.361 e. The normalized spacial score (nSPS) is 15.6. The van der Waals surface area contributed by atoms with Gasteiger partial charge in [0.15, 0.2) is 5.78 Å². The molecule has 0 fully saturated rings. The lowest BCUT2D eigenvalue weighted by molar-refractivity contribution is -0.118. The molecular formula is C29H39N5O3. The number of hydrogen-bond donors (Lipinski definition) is 4. The maximum atomic E-state index is 13.3. The maximum Gasteiger partial charge on any atom is 0.268 e. The smallest absolute Gasteiger partial charge is 0.268 e. The third-order valence-electron chi connectivity index (χ3n) is 7.12. The highest BCUT2D eigenvalue weighted by molar-refractivity contribution is 6.06. The first-order chi connectivity index (χ1) is 17.5. The zero-order chi connectivity index (χ0) is 26.9. The molecule has 0 saturated heterocycles. The van der Waals surface area contributed by atoms with E-state index >= 15 is 0 Å². The van der Waals surface area contributed by atoms with Gasteiger partial charge in [-0.15, -0.1) is 0 Å². The number of hydrogen-bond acceptors (Lipinski definition) is 4. The Morgan fingerprint density at radius 2 is 1.95 bits per heavy atom. The highest BCUT2D eigenvalue weighted by Crippen LogP contribution is 2.36. The molecule has 2 aromatic heterocycles. The van der Waals surface area contributed by atoms with E-state index in [1.807, 2.05) is 38.5 Å². The van der Waals surface area contributed by atoms with Gasteiger partial charge in [0.25, 0.3) is 5.91 Å². The molecule has 198 valence electrons. The van der Waals surface area contributed by atoms with E-state index in [0.717, 1.165) is 41.5 Å². The van der Waals surface area contributed by atoms with Crippen molar-refractivity contribution in [3.8, 4) is 0 Å². The predicted molar refractivity (Wildman–Crippen MR) is 147 cm³/mol. The number of fused-ring (bicyclic) bond motifs is 2. The minimum atomic E-state index is -0.692. The van der Waals surface area contributed by atoms with Crippen molar-refractivity contribution in [3.63, 3.8) is 0 Å². The maximum absolute atomic E-state index is 13.3. The van der Waals surface area contributed by atoms with E-state index < -0.39 is 6.04 Å². The van der Waals surface area contributed by atoms with Gasteiger partial charge >= 0.3 is 0 Å². The second kappa shape index (κ2) is 10.5. The van der Waals surface area contributed by atoms with Crippen LogP contribution >= 0.6 is 0 Å². The quantitative estimate of drug-likeness (QED) is 0.330. The number of Topliss-reactive ketones (excluding diaryl/α,β-unsaturated/α-hetero) is 1. The molecule has 1 aliphatic rings. The molecule has 3 aromatic rings. The summed E-state index contributed by atoms with van der Waals surface area (Å²) in [7, 11) is 4.04. The first-order valence-corrected chi connectivity index (χ1v) is 13.1. The SMILES string of the molecule is CCCCC(NC(=O)c1[nH]c2c(c1C)C(=O)CC(C)(C)C2)C(=O)Nc1ccc2[nH]cc(CN(C)C)c2c1. The van der Waals surface area contributed by atoms with Gasteiger partial charge in [0, 0.05) is 47.0 Å². The van der Waals surface area contributed by atoms with Gasteiger partial charge in [0.1, 0.15) is 11.7 Å². The van der Waals surface area contributed by atoms with Gasteiger partial charge in [-0.3, -0.25) is 14.4 Å². The lowest BCUT2D eigenvalue weighted by atomic mass is 9.75. The minimum absolute atomic E-state index is 0.0631. The van der Waals surface area contributed by atoms with Gasteiger partial charge in [0.2, 0.25) is 5.91 Å². The van der Waals surface area contributed by atoms with E-state index in [0.29, 0.717) is 41.8 Å². The largest absolute Gasteiger partial charge is 0.361 e. The fourth-order valence-electron chi connectivity index (χ4n) is 5.32. The Morgan fingerprint density at radius 1 is 1.19 bits per heavy atom. The Balaban J connectivity index is 1.53. The first-order valence-electron chi connectivity index (χ1n) is 13.1. The van der Waals surface area contributed by atoms with Crippen molar-refractivity contribution in [2.24, 2.45) is 5.41 Å². The number of carbonyl (C=O) groups excluding carboxylic acids is 3. The number of H-pyrrole nitrogens is 2. The summed E-state index contributed by atoms with van der Waals surface area (Å²) in [6.07, 6.45) is 5.39. The summed E-state index contributed by atoms with van der Waals surface area (Å²) in [5.41, 5.74) is 5.17. The summed E-state index contributed by atoms with van der Waals surface area (Å²) < 4.78 is 0. The van der Waals surface area contributed by atoms with E-state index in [1.165, 1.54) is 0 Å². The molecule has 4 N–H and O–H groups in total. The van der Waals surface area contributed by atoms with E-state index in [9.17, 15) is 14.4 Å². The molecule has 0 spiro atoms. The van der Waals surface area contributed by atoms with Gasteiger partial charge in [0.05, 0.1) is 0 Å². The zero-order valence-electron chi connectivity index (χ0n) is 22.8. The third kappa shape index (κ3) is 5.80. The van der Waals surface area contributed by atoms with E-state index in [1.54, 1.807) is 6.92 Å². The molecule has 1 unspecified atom stereocenters. The second-order valence-electron chi connectivity index (χ2n) is 11.4. The lowest BCUT2D eigenvalue weighted by Crippen LogP contribution is -2.44. The van der Waals surface area contributed by atoms with Crippen molar-refractivity contribution in [3.05, 3.63) is 52.5 Å². The summed E-state index contributed by atoms with van der Waals surface area (Å²) in [5.74, 6) is -0.548. The van der Waals surface area contributed by atoms with Crippen molar-refractivity contribution in [2.75, 3.05) is 19.4 Å². The Labute approximate surface area is 218 Å². The van der Waals surface area contributed by atoms with Crippen molar-refractivity contribution >= 4 is 34.2 Å². The topological polar surface area (TPSA) is 110 Å². The Morgan fingerprint density at radius 3 is 2.65 bits per heavy atom. The van der Waals surface area contributed by atoms with Gasteiger partial charge in [-0.25, -0.2) is 0 Å². The molecule has 2 amide bonds. The summed E-state index contributed by atoms with van der Waals surface area (Å²) in [4.78, 5) is 48.0. The number of benzene rings is 1. The van der Waals surface area contributed by atoms with Crippen LogP contribution in [0.3, 0.4) is 0 Å². The van der Waals surface area contributed by atoms with Gasteiger partial charge in [-0.05, 0) is 68.6 Å². The average molecular weight is 506 g/mol.